The maximum absolute atomic E-state index is 12.4. The van der Waals surface area contributed by atoms with Crippen molar-refractivity contribution >= 4 is 11.9 Å². The van der Waals surface area contributed by atoms with Gasteiger partial charge in [-0.1, -0.05) is 0 Å². The van der Waals surface area contributed by atoms with Gasteiger partial charge in [-0.2, -0.15) is 4.99 Å². The maximum atomic E-state index is 12.4. The number of ketones is 1. The summed E-state index contributed by atoms with van der Waals surface area (Å²) in [7, 11) is 0. The molecule has 0 amide bonds. The van der Waals surface area contributed by atoms with E-state index in [4.69, 9.17) is 0 Å². The van der Waals surface area contributed by atoms with Crippen molar-refractivity contribution < 1.29 is 14.0 Å². The first-order chi connectivity index (χ1) is 6.24. The molecule has 0 spiro atoms. The Balaban J connectivity index is 2.77. The lowest BCUT2D eigenvalue weighted by atomic mass is 10.1. The molecule has 0 aliphatic rings. The molecule has 3 nitrogen and oxygen atoms in total. The molecule has 0 aliphatic carbocycles. The predicted octanol–water partition coefficient (Wildman–Crippen LogP) is 1.34. The first-order valence-corrected chi connectivity index (χ1v) is 3.56. The van der Waals surface area contributed by atoms with Crippen LogP contribution in [0.4, 0.5) is 4.39 Å². The molecule has 1 aromatic carbocycles. The van der Waals surface area contributed by atoms with E-state index in [-0.39, 0.29) is 12.3 Å². The normalized spacial score (nSPS) is 9.00. The molecule has 1 rings (SSSR count). The van der Waals surface area contributed by atoms with Crippen molar-refractivity contribution in [2.75, 3.05) is 6.54 Å². The van der Waals surface area contributed by atoms with E-state index in [1.165, 1.54) is 30.3 Å². The summed E-state index contributed by atoms with van der Waals surface area (Å²) in [5, 5.41) is 0. The molecule has 0 heterocycles. The maximum Gasteiger partial charge on any atom is 0.235 e. The van der Waals surface area contributed by atoms with E-state index in [0.717, 1.165) is 0 Å². The quantitative estimate of drug-likeness (QED) is 0.399. The lowest BCUT2D eigenvalue weighted by Crippen LogP contribution is -2.02. The average molecular weight is 179 g/mol. The Morgan fingerprint density at radius 2 is 2.00 bits per heavy atom. The molecule has 0 unspecified atom stereocenters. The van der Waals surface area contributed by atoms with Crippen LogP contribution in [0, 0.1) is 5.82 Å². The van der Waals surface area contributed by atoms with Crippen LogP contribution in [0.15, 0.2) is 29.3 Å². The standard InChI is InChI=1S/C9H6FNO2/c10-8-3-1-7(2-4-8)9(13)5-11-6-12/h1-4H,5H2. The summed E-state index contributed by atoms with van der Waals surface area (Å²) in [6.45, 7) is -0.241. The third-order valence-electron chi connectivity index (χ3n) is 1.45. The van der Waals surface area contributed by atoms with Gasteiger partial charge in [-0.3, -0.25) is 4.79 Å². The Hall–Kier alpha value is -1.80. The van der Waals surface area contributed by atoms with Crippen LogP contribution in [0.5, 0.6) is 0 Å². The van der Waals surface area contributed by atoms with Crippen LogP contribution in [-0.2, 0) is 4.79 Å². The van der Waals surface area contributed by atoms with Gasteiger partial charge in [-0.25, -0.2) is 9.18 Å². The van der Waals surface area contributed by atoms with E-state index in [1.807, 2.05) is 0 Å². The molecular formula is C9H6FNO2. The number of benzene rings is 1. The topological polar surface area (TPSA) is 46.5 Å². The SMILES string of the molecule is O=C=NCC(=O)c1ccc(F)cc1. The number of carbonyl (C=O) groups is 1. The first kappa shape index (κ1) is 9.29. The number of rotatable bonds is 3. The fourth-order valence-electron chi connectivity index (χ4n) is 0.831. The van der Waals surface area contributed by atoms with Crippen LogP contribution < -0.4 is 0 Å². The number of halogens is 1. The van der Waals surface area contributed by atoms with Crippen LogP contribution in [0.3, 0.4) is 0 Å². The second-order valence-electron chi connectivity index (χ2n) is 2.34. The van der Waals surface area contributed by atoms with Gasteiger partial charge >= 0.3 is 0 Å². The van der Waals surface area contributed by atoms with Crippen molar-refractivity contribution in [3.05, 3.63) is 35.6 Å². The van der Waals surface area contributed by atoms with Crippen LogP contribution >= 0.6 is 0 Å². The molecule has 4 heteroatoms. The highest BCUT2D eigenvalue weighted by atomic mass is 19.1. The molecular weight excluding hydrogens is 173 g/mol. The van der Waals surface area contributed by atoms with E-state index in [9.17, 15) is 14.0 Å². The summed E-state index contributed by atoms with van der Waals surface area (Å²) in [5.74, 6) is -0.737. The van der Waals surface area contributed by atoms with Crippen molar-refractivity contribution in [3.8, 4) is 0 Å². The van der Waals surface area contributed by atoms with Gasteiger partial charge in [0.15, 0.2) is 5.78 Å². The van der Waals surface area contributed by atoms with Crippen LogP contribution in [-0.4, -0.2) is 18.4 Å². The van der Waals surface area contributed by atoms with Gasteiger partial charge in [0.25, 0.3) is 0 Å². The van der Waals surface area contributed by atoms with Gasteiger partial charge in [-0.05, 0) is 24.3 Å². The Morgan fingerprint density at radius 1 is 1.38 bits per heavy atom. The molecule has 0 fully saturated rings. The molecule has 0 saturated heterocycles. The Morgan fingerprint density at radius 3 is 2.54 bits per heavy atom. The van der Waals surface area contributed by atoms with E-state index >= 15 is 0 Å². The zero-order valence-corrected chi connectivity index (χ0v) is 6.66. The Labute approximate surface area is 73.9 Å². The molecule has 1 aromatic rings. The largest absolute Gasteiger partial charge is 0.292 e. The Kier molecular flexibility index (Phi) is 3.06. The van der Waals surface area contributed by atoms with Crippen molar-refractivity contribution in [1.29, 1.82) is 0 Å². The van der Waals surface area contributed by atoms with E-state index in [2.05, 4.69) is 4.99 Å². The molecule has 0 bridgehead atoms. The van der Waals surface area contributed by atoms with Crippen LogP contribution in [0.2, 0.25) is 0 Å². The highest BCUT2D eigenvalue weighted by Gasteiger charge is 2.03. The lowest BCUT2D eigenvalue weighted by Gasteiger charge is -1.95. The van der Waals surface area contributed by atoms with Crippen molar-refractivity contribution in [2.45, 2.75) is 0 Å². The highest BCUT2D eigenvalue weighted by molar-refractivity contribution is 5.97. The molecule has 66 valence electrons. The molecule has 0 aliphatic heterocycles. The monoisotopic (exact) mass is 179 g/mol. The van der Waals surface area contributed by atoms with Gasteiger partial charge < -0.3 is 0 Å². The fourth-order valence-corrected chi connectivity index (χ4v) is 0.831. The lowest BCUT2D eigenvalue weighted by molar-refractivity contribution is 0.100. The minimum atomic E-state index is -0.407. The minimum Gasteiger partial charge on any atom is -0.292 e. The molecule has 0 radical (unpaired) electrons. The van der Waals surface area contributed by atoms with Crippen LogP contribution in [0.25, 0.3) is 0 Å². The van der Waals surface area contributed by atoms with E-state index in [0.29, 0.717) is 5.56 Å². The van der Waals surface area contributed by atoms with Crippen LogP contribution in [0.1, 0.15) is 10.4 Å². The number of hydrogen-bond donors (Lipinski definition) is 0. The van der Waals surface area contributed by atoms with Crippen molar-refractivity contribution in [3.63, 3.8) is 0 Å². The summed E-state index contributed by atoms with van der Waals surface area (Å²) >= 11 is 0. The molecule has 0 saturated carbocycles. The zero-order chi connectivity index (χ0) is 9.68. The van der Waals surface area contributed by atoms with Gasteiger partial charge in [0.05, 0.1) is 0 Å². The zero-order valence-electron chi connectivity index (χ0n) is 6.66. The number of carbonyl (C=O) groups excluding carboxylic acids is 2. The highest BCUT2D eigenvalue weighted by Crippen LogP contribution is 2.03. The number of nitrogens with zero attached hydrogens (tertiary/aromatic N) is 1. The minimum absolute atomic E-state index is 0.241. The summed E-state index contributed by atoms with van der Waals surface area (Å²) in [6, 6.07) is 5.05. The van der Waals surface area contributed by atoms with Crippen molar-refractivity contribution in [1.82, 2.24) is 0 Å². The van der Waals surface area contributed by atoms with E-state index in [1.54, 1.807) is 0 Å². The summed E-state index contributed by atoms with van der Waals surface area (Å²) in [5.41, 5.74) is 0.334. The molecule has 0 aromatic heterocycles. The van der Waals surface area contributed by atoms with E-state index < -0.39 is 5.82 Å². The smallest absolute Gasteiger partial charge is 0.235 e. The summed E-state index contributed by atoms with van der Waals surface area (Å²) in [4.78, 5) is 23.9. The molecule has 0 N–H and O–H groups in total. The van der Waals surface area contributed by atoms with Crippen molar-refractivity contribution in [2.24, 2.45) is 4.99 Å². The third kappa shape index (κ3) is 2.61. The van der Waals surface area contributed by atoms with Gasteiger partial charge in [0, 0.05) is 5.56 Å². The van der Waals surface area contributed by atoms with Gasteiger partial charge in [0.2, 0.25) is 6.08 Å². The summed E-state index contributed by atoms with van der Waals surface area (Å²) < 4.78 is 12.4. The molecule has 0 atom stereocenters. The van der Waals surface area contributed by atoms with Gasteiger partial charge in [-0.15, -0.1) is 0 Å². The number of hydrogen-bond acceptors (Lipinski definition) is 3. The Bertz CT molecular complexity index is 352. The van der Waals surface area contributed by atoms with Gasteiger partial charge in [0.1, 0.15) is 12.4 Å². The average Bonchev–Trinajstić information content (AvgIpc) is 2.15. The molecule has 13 heavy (non-hydrogen) atoms. The fraction of sp³-hybridized carbons (Fsp3) is 0.111. The number of Topliss-reactive ketones (excluding diaryl/α,β-unsaturated/α-hetero) is 1. The summed E-state index contributed by atoms with van der Waals surface area (Å²) in [6.07, 6.45) is 1.26. The predicted molar refractivity (Wildman–Crippen MR) is 43.7 cm³/mol. The first-order valence-electron chi connectivity index (χ1n) is 3.56. The second-order valence-corrected chi connectivity index (χ2v) is 2.34. The second kappa shape index (κ2) is 4.28. The number of isocyanates is 1. The third-order valence-corrected chi connectivity index (χ3v) is 1.45. The number of aliphatic imine (C=N–C) groups is 1.